The molecule has 1 heterocycles. The number of aromatic nitrogens is 3. The largest absolute Gasteiger partial charge is 0.312 e. The van der Waals surface area contributed by atoms with E-state index in [9.17, 15) is 0 Å². The standard InChI is InChI=1S/C15H30N4/c1-7-8-19-14(16-11-18-19)9-13(12(2)3)10-17-15(4,5)6/h11-13,17H,7-10H2,1-6H3. The van der Waals surface area contributed by atoms with Gasteiger partial charge < -0.3 is 5.32 Å². The summed E-state index contributed by atoms with van der Waals surface area (Å²) in [6.07, 6.45) is 3.78. The zero-order chi connectivity index (χ0) is 14.5. The minimum atomic E-state index is 0.171. The summed E-state index contributed by atoms with van der Waals surface area (Å²) in [5.41, 5.74) is 0.171. The maximum absolute atomic E-state index is 4.43. The summed E-state index contributed by atoms with van der Waals surface area (Å²) in [5.74, 6) is 2.36. The molecule has 4 nitrogen and oxygen atoms in total. The molecule has 1 rings (SSSR count). The van der Waals surface area contributed by atoms with Crippen molar-refractivity contribution in [2.75, 3.05) is 6.54 Å². The Bertz CT molecular complexity index is 362. The van der Waals surface area contributed by atoms with Crippen molar-refractivity contribution in [3.05, 3.63) is 12.2 Å². The van der Waals surface area contributed by atoms with Crippen LogP contribution in [0.5, 0.6) is 0 Å². The Balaban J connectivity index is 2.65. The van der Waals surface area contributed by atoms with Gasteiger partial charge in [0.1, 0.15) is 12.2 Å². The van der Waals surface area contributed by atoms with E-state index in [-0.39, 0.29) is 5.54 Å². The van der Waals surface area contributed by atoms with Gasteiger partial charge in [0.2, 0.25) is 0 Å². The van der Waals surface area contributed by atoms with Gasteiger partial charge in [0.15, 0.2) is 0 Å². The van der Waals surface area contributed by atoms with Gasteiger partial charge in [-0.15, -0.1) is 0 Å². The second kappa shape index (κ2) is 7.04. The summed E-state index contributed by atoms with van der Waals surface area (Å²) >= 11 is 0. The molecular formula is C15H30N4. The van der Waals surface area contributed by atoms with Crippen LogP contribution in [0.1, 0.15) is 53.8 Å². The van der Waals surface area contributed by atoms with Crippen LogP contribution in [0.3, 0.4) is 0 Å². The molecule has 19 heavy (non-hydrogen) atoms. The number of hydrogen-bond acceptors (Lipinski definition) is 3. The van der Waals surface area contributed by atoms with E-state index in [1.165, 1.54) is 0 Å². The maximum atomic E-state index is 4.43. The third kappa shape index (κ3) is 5.72. The topological polar surface area (TPSA) is 42.7 Å². The molecule has 110 valence electrons. The first-order chi connectivity index (χ1) is 8.83. The van der Waals surface area contributed by atoms with Crippen molar-refractivity contribution in [3.63, 3.8) is 0 Å². The summed E-state index contributed by atoms with van der Waals surface area (Å²) in [4.78, 5) is 4.43. The van der Waals surface area contributed by atoms with E-state index in [4.69, 9.17) is 0 Å². The first kappa shape index (κ1) is 16.2. The molecule has 0 saturated carbocycles. The fraction of sp³-hybridized carbons (Fsp3) is 0.867. The van der Waals surface area contributed by atoms with Crippen molar-refractivity contribution in [3.8, 4) is 0 Å². The van der Waals surface area contributed by atoms with Gasteiger partial charge in [0.25, 0.3) is 0 Å². The molecule has 0 amide bonds. The van der Waals surface area contributed by atoms with Crippen molar-refractivity contribution in [2.45, 2.75) is 66.5 Å². The highest BCUT2D eigenvalue weighted by atomic mass is 15.3. The highest BCUT2D eigenvalue weighted by molar-refractivity contribution is 4.89. The van der Waals surface area contributed by atoms with Crippen LogP contribution in [-0.4, -0.2) is 26.8 Å². The van der Waals surface area contributed by atoms with Gasteiger partial charge in [-0.2, -0.15) is 5.10 Å². The average Bonchev–Trinajstić information content (AvgIpc) is 2.70. The van der Waals surface area contributed by atoms with Crippen molar-refractivity contribution in [1.29, 1.82) is 0 Å². The Morgan fingerprint density at radius 1 is 1.32 bits per heavy atom. The molecule has 1 aromatic rings. The van der Waals surface area contributed by atoms with Crippen molar-refractivity contribution in [2.24, 2.45) is 11.8 Å². The summed E-state index contributed by atoms with van der Waals surface area (Å²) < 4.78 is 2.05. The summed E-state index contributed by atoms with van der Waals surface area (Å²) in [7, 11) is 0. The zero-order valence-electron chi connectivity index (χ0n) is 13.4. The van der Waals surface area contributed by atoms with Crippen molar-refractivity contribution >= 4 is 0 Å². The average molecular weight is 266 g/mol. The Morgan fingerprint density at radius 3 is 2.53 bits per heavy atom. The Morgan fingerprint density at radius 2 is 2.00 bits per heavy atom. The second-order valence-corrected chi connectivity index (χ2v) is 6.74. The molecule has 0 saturated heterocycles. The van der Waals surface area contributed by atoms with Gasteiger partial charge in [-0.3, -0.25) is 4.68 Å². The van der Waals surface area contributed by atoms with Gasteiger partial charge in [0.05, 0.1) is 0 Å². The quantitative estimate of drug-likeness (QED) is 0.825. The summed E-state index contributed by atoms with van der Waals surface area (Å²) in [6.45, 7) is 15.4. The third-order valence-electron chi connectivity index (χ3n) is 3.41. The molecule has 0 aromatic carbocycles. The minimum absolute atomic E-state index is 0.171. The van der Waals surface area contributed by atoms with Crippen molar-refractivity contribution < 1.29 is 0 Å². The molecule has 1 N–H and O–H groups in total. The van der Waals surface area contributed by atoms with E-state index in [0.29, 0.717) is 11.8 Å². The van der Waals surface area contributed by atoms with E-state index in [0.717, 1.165) is 31.8 Å². The maximum Gasteiger partial charge on any atom is 0.138 e. The van der Waals surface area contributed by atoms with E-state index in [1.807, 2.05) is 4.68 Å². The Hall–Kier alpha value is -0.900. The molecule has 0 bridgehead atoms. The lowest BCUT2D eigenvalue weighted by Gasteiger charge is -2.27. The van der Waals surface area contributed by atoms with Gasteiger partial charge in [-0.25, -0.2) is 4.98 Å². The first-order valence-electron chi connectivity index (χ1n) is 7.45. The molecule has 1 atom stereocenters. The van der Waals surface area contributed by atoms with Gasteiger partial charge in [0, 0.05) is 18.5 Å². The normalized spacial score (nSPS) is 14.1. The molecule has 0 aliphatic carbocycles. The summed E-state index contributed by atoms with van der Waals surface area (Å²) in [6, 6.07) is 0. The van der Waals surface area contributed by atoms with Crippen LogP contribution in [0.2, 0.25) is 0 Å². The highest BCUT2D eigenvalue weighted by Crippen LogP contribution is 2.16. The molecule has 1 aromatic heterocycles. The molecule has 1 unspecified atom stereocenters. The molecule has 0 spiro atoms. The van der Waals surface area contributed by atoms with Crippen LogP contribution >= 0.6 is 0 Å². The molecule has 0 fully saturated rings. The van der Waals surface area contributed by atoms with Gasteiger partial charge in [-0.05, 0) is 45.6 Å². The first-order valence-corrected chi connectivity index (χ1v) is 7.45. The smallest absolute Gasteiger partial charge is 0.138 e. The third-order valence-corrected chi connectivity index (χ3v) is 3.41. The van der Waals surface area contributed by atoms with E-state index >= 15 is 0 Å². The van der Waals surface area contributed by atoms with E-state index in [1.54, 1.807) is 6.33 Å². The molecule has 0 radical (unpaired) electrons. The molecule has 0 aliphatic rings. The lowest BCUT2D eigenvalue weighted by Crippen LogP contribution is -2.41. The zero-order valence-corrected chi connectivity index (χ0v) is 13.4. The number of nitrogens with zero attached hydrogens (tertiary/aromatic N) is 3. The van der Waals surface area contributed by atoms with E-state index < -0.39 is 0 Å². The fourth-order valence-electron chi connectivity index (χ4n) is 2.06. The Kier molecular flexibility index (Phi) is 5.98. The predicted octanol–water partition coefficient (Wildman–Crippen LogP) is 2.89. The number of rotatable bonds is 7. The van der Waals surface area contributed by atoms with Crippen molar-refractivity contribution in [1.82, 2.24) is 20.1 Å². The predicted molar refractivity (Wildman–Crippen MR) is 80.1 cm³/mol. The van der Waals surface area contributed by atoms with Crippen LogP contribution in [-0.2, 0) is 13.0 Å². The fourth-order valence-corrected chi connectivity index (χ4v) is 2.06. The minimum Gasteiger partial charge on any atom is -0.312 e. The van der Waals surface area contributed by atoms with Crippen LogP contribution < -0.4 is 5.32 Å². The molecular weight excluding hydrogens is 236 g/mol. The number of aryl methyl sites for hydroxylation is 1. The van der Waals surface area contributed by atoms with Crippen LogP contribution in [0.25, 0.3) is 0 Å². The van der Waals surface area contributed by atoms with Gasteiger partial charge >= 0.3 is 0 Å². The van der Waals surface area contributed by atoms with Crippen LogP contribution in [0, 0.1) is 11.8 Å². The number of hydrogen-bond donors (Lipinski definition) is 1. The lowest BCUT2D eigenvalue weighted by molar-refractivity contribution is 0.305. The Labute approximate surface area is 118 Å². The van der Waals surface area contributed by atoms with Gasteiger partial charge in [-0.1, -0.05) is 20.8 Å². The monoisotopic (exact) mass is 266 g/mol. The summed E-state index contributed by atoms with van der Waals surface area (Å²) in [5, 5.41) is 7.92. The second-order valence-electron chi connectivity index (χ2n) is 6.74. The SMILES string of the molecule is CCCn1ncnc1CC(CNC(C)(C)C)C(C)C. The van der Waals surface area contributed by atoms with Crippen LogP contribution in [0.4, 0.5) is 0 Å². The lowest BCUT2D eigenvalue weighted by atomic mass is 9.91. The van der Waals surface area contributed by atoms with E-state index in [2.05, 4.69) is 56.9 Å². The highest BCUT2D eigenvalue weighted by Gasteiger charge is 2.19. The molecule has 0 aliphatic heterocycles. The molecule has 4 heteroatoms. The number of nitrogens with one attached hydrogen (secondary N) is 1. The van der Waals surface area contributed by atoms with Crippen LogP contribution in [0.15, 0.2) is 6.33 Å².